The van der Waals surface area contributed by atoms with Crippen molar-refractivity contribution in [1.82, 2.24) is 4.90 Å². The third-order valence-corrected chi connectivity index (χ3v) is 15.4. The van der Waals surface area contributed by atoms with Crippen LogP contribution < -0.4 is 9.80 Å². The van der Waals surface area contributed by atoms with Gasteiger partial charge in [0.2, 0.25) is 5.71 Å². The molecule has 1 amide bonds. The van der Waals surface area contributed by atoms with Crippen LogP contribution in [0, 0.1) is 0 Å². The summed E-state index contributed by atoms with van der Waals surface area (Å²) in [6.45, 7) is 14.6. The average Bonchev–Trinajstić information content (AvgIpc) is 3.85. The Morgan fingerprint density at radius 3 is 1.62 bits per heavy atom. The molecule has 4 aromatic rings. The normalized spacial score (nSPS) is 20.7. The lowest BCUT2D eigenvalue weighted by Gasteiger charge is -2.27. The molecule has 350 valence electrons. The maximum absolute atomic E-state index is 12.8. The molecule has 1 aliphatic carbocycles. The summed E-state index contributed by atoms with van der Waals surface area (Å²) in [5.41, 5.74) is 9.57. The van der Waals surface area contributed by atoms with Crippen molar-refractivity contribution in [3.05, 3.63) is 131 Å². The molecule has 4 aromatic carbocycles. The highest BCUT2D eigenvalue weighted by Crippen LogP contribution is 2.52. The summed E-state index contributed by atoms with van der Waals surface area (Å²) >= 11 is 0. The van der Waals surface area contributed by atoms with Crippen molar-refractivity contribution in [2.45, 2.75) is 84.0 Å². The van der Waals surface area contributed by atoms with Crippen molar-refractivity contribution < 1.29 is 40.0 Å². The Kier molecular flexibility index (Phi) is 13.4. The zero-order valence-electron chi connectivity index (χ0n) is 38.8. The minimum absolute atomic E-state index is 0.277. The van der Waals surface area contributed by atoms with Crippen LogP contribution in [0.2, 0.25) is 0 Å². The lowest BCUT2D eigenvalue weighted by atomic mass is 9.81. The number of unbranched alkanes of at least 4 members (excludes halogenated alkanes) is 2. The van der Waals surface area contributed by atoms with Crippen LogP contribution in [-0.4, -0.2) is 105 Å². The van der Waals surface area contributed by atoms with E-state index in [-0.39, 0.29) is 18.3 Å². The first-order valence-corrected chi connectivity index (χ1v) is 26.4. The molecule has 1 saturated heterocycles. The van der Waals surface area contributed by atoms with Gasteiger partial charge in [0.25, 0.3) is 10.1 Å². The van der Waals surface area contributed by atoms with E-state index in [0.717, 1.165) is 52.1 Å². The Hall–Kier alpha value is -5.28. The number of benzene rings is 4. The Morgan fingerprint density at radius 1 is 0.697 bits per heavy atom. The van der Waals surface area contributed by atoms with Gasteiger partial charge in [-0.1, -0.05) is 101 Å². The predicted octanol–water partition coefficient (Wildman–Crippen LogP) is 9.22. The Balaban J connectivity index is 1.21. The van der Waals surface area contributed by atoms with Gasteiger partial charge >= 0.3 is 6.09 Å². The van der Waals surface area contributed by atoms with E-state index in [1.54, 1.807) is 4.90 Å². The molecule has 14 heteroatoms. The Labute approximate surface area is 390 Å². The summed E-state index contributed by atoms with van der Waals surface area (Å²) in [7, 11) is -8.40. The van der Waals surface area contributed by atoms with Gasteiger partial charge in [-0.05, 0) is 102 Å². The first-order chi connectivity index (χ1) is 31.4. The van der Waals surface area contributed by atoms with Crippen LogP contribution in [0.5, 0.6) is 0 Å². The van der Waals surface area contributed by atoms with E-state index >= 15 is 0 Å². The van der Waals surface area contributed by atoms with Gasteiger partial charge in [-0.3, -0.25) is 9.45 Å². The zero-order chi connectivity index (χ0) is 47.0. The van der Waals surface area contributed by atoms with Crippen molar-refractivity contribution in [1.29, 1.82) is 0 Å². The van der Waals surface area contributed by atoms with Crippen LogP contribution in [-0.2, 0) is 35.8 Å². The third kappa shape index (κ3) is 9.60. The predicted molar refractivity (Wildman–Crippen MR) is 263 cm³/mol. The molecule has 0 radical (unpaired) electrons. The van der Waals surface area contributed by atoms with E-state index < -0.39 is 36.8 Å². The van der Waals surface area contributed by atoms with Crippen LogP contribution in [0.15, 0.2) is 120 Å². The van der Waals surface area contributed by atoms with Crippen molar-refractivity contribution in [2.75, 3.05) is 67.2 Å². The molecule has 0 bridgehead atoms. The number of anilines is 2. The fraction of sp³-hybridized carbons (Fsp3) is 0.423. The fourth-order valence-electron chi connectivity index (χ4n) is 10.8. The van der Waals surface area contributed by atoms with Crippen LogP contribution in [0.3, 0.4) is 0 Å². The molecular formula is C52H62N4O8S2. The lowest BCUT2D eigenvalue weighted by molar-refractivity contribution is -0.537. The van der Waals surface area contributed by atoms with E-state index in [1.165, 1.54) is 33.0 Å². The van der Waals surface area contributed by atoms with Gasteiger partial charge in [-0.25, -0.2) is 17.8 Å². The molecule has 3 aliphatic heterocycles. The molecule has 12 nitrogen and oxygen atoms in total. The van der Waals surface area contributed by atoms with Crippen LogP contribution in [0.4, 0.5) is 16.2 Å². The van der Waals surface area contributed by atoms with Gasteiger partial charge in [0.05, 0.1) is 35.6 Å². The summed E-state index contributed by atoms with van der Waals surface area (Å²) < 4.78 is 75.2. The summed E-state index contributed by atoms with van der Waals surface area (Å²) in [6.07, 6.45) is 12.0. The van der Waals surface area contributed by atoms with Gasteiger partial charge in [0.15, 0.2) is 13.1 Å². The molecule has 0 unspecified atom stereocenters. The number of hydrogen-bond donors (Lipinski definition) is 1. The monoisotopic (exact) mass is 934 g/mol. The molecule has 1 N–H and O–H groups in total. The maximum atomic E-state index is 12.8. The van der Waals surface area contributed by atoms with E-state index in [9.17, 15) is 30.7 Å². The van der Waals surface area contributed by atoms with Crippen molar-refractivity contribution in [3.8, 4) is 0 Å². The van der Waals surface area contributed by atoms with Gasteiger partial charge < -0.3 is 19.1 Å². The fourth-order valence-corrected chi connectivity index (χ4v) is 11.9. The third-order valence-electron chi connectivity index (χ3n) is 13.8. The number of amides is 1. The zero-order valence-corrected chi connectivity index (χ0v) is 40.4. The SMILES string of the molecule is CCOC(=O)N1CC[N+](=C2/C(=C/C=C3/N(CCCCS(=O)(=O)[O-])c4ccc5ccccc5c4C3(C)C)CC/C2=C\C=C2\N(CCCCS(=O)(=O)O)c3ccc4ccccc4c3C2(C)C)CC1. The van der Waals surface area contributed by atoms with Crippen molar-refractivity contribution in [3.63, 3.8) is 0 Å². The second kappa shape index (κ2) is 18.8. The van der Waals surface area contributed by atoms with Gasteiger partial charge in [0.1, 0.15) is 0 Å². The van der Waals surface area contributed by atoms with Gasteiger partial charge in [0, 0.05) is 63.6 Å². The number of ether oxygens (including phenoxy) is 1. The van der Waals surface area contributed by atoms with Crippen LogP contribution in [0.1, 0.15) is 84.3 Å². The summed E-state index contributed by atoms with van der Waals surface area (Å²) in [5, 5.41) is 4.66. The lowest BCUT2D eigenvalue weighted by Crippen LogP contribution is -2.47. The minimum atomic E-state index is -4.32. The molecule has 1 saturated carbocycles. The molecule has 0 aromatic heterocycles. The highest BCUT2D eigenvalue weighted by molar-refractivity contribution is 7.85. The molecule has 0 atom stereocenters. The summed E-state index contributed by atoms with van der Waals surface area (Å²) in [4.78, 5) is 19.2. The standard InChI is InChI=1S/C52H62N4O8S2/c1-6-64-50(57)54-33-31-53(32-34-54)49-39(23-27-45-51(2,3)47-41-17-9-7-15-37(41)21-25-43(47)55(45)29-11-13-35-65(58,59)60)19-20-40(49)24-28-46-52(4,5)48-42-18-10-8-16-38(42)22-26-44(48)56(46)30-12-14-36-66(61,62)63/h7-10,15-18,21-28H,6,11-14,19-20,29-36H2,1-5H3,(H-,58,59,60,61,62,63). The van der Waals surface area contributed by atoms with E-state index in [2.05, 4.69) is 127 Å². The largest absolute Gasteiger partial charge is 0.748 e. The number of rotatable bonds is 13. The topological polar surface area (TPSA) is 151 Å². The number of nitrogens with zero attached hydrogens (tertiary/aromatic N) is 4. The molecule has 4 aliphatic rings. The number of fused-ring (bicyclic) bond motifs is 6. The van der Waals surface area contributed by atoms with Gasteiger partial charge in [-0.2, -0.15) is 8.42 Å². The second-order valence-corrected chi connectivity index (χ2v) is 22.0. The smallest absolute Gasteiger partial charge is 0.410 e. The summed E-state index contributed by atoms with van der Waals surface area (Å²) in [6, 6.07) is 25.4. The number of piperazine rings is 1. The number of carbonyl (C=O) groups excluding carboxylic acids is 1. The highest BCUT2D eigenvalue weighted by atomic mass is 32.2. The number of hydrogen-bond acceptors (Lipinski definition) is 9. The Bertz CT molecular complexity index is 2760. The first-order valence-electron chi connectivity index (χ1n) is 23.2. The molecule has 66 heavy (non-hydrogen) atoms. The van der Waals surface area contributed by atoms with Gasteiger partial charge in [-0.15, -0.1) is 0 Å². The van der Waals surface area contributed by atoms with Crippen molar-refractivity contribution >= 4 is 65.0 Å². The minimum Gasteiger partial charge on any atom is -0.748 e. The van der Waals surface area contributed by atoms with E-state index in [4.69, 9.17) is 4.74 Å². The molecule has 8 rings (SSSR count). The highest BCUT2D eigenvalue weighted by Gasteiger charge is 2.43. The molecule has 2 fully saturated rings. The number of allylic oxidation sites excluding steroid dienone is 8. The average molecular weight is 935 g/mol. The quantitative estimate of drug-likeness (QED) is 0.0781. The first kappa shape index (κ1) is 47.2. The van der Waals surface area contributed by atoms with E-state index in [1.807, 2.05) is 19.1 Å². The van der Waals surface area contributed by atoms with Crippen LogP contribution >= 0.6 is 0 Å². The second-order valence-electron chi connectivity index (χ2n) is 18.9. The summed E-state index contributed by atoms with van der Waals surface area (Å²) in [5.74, 6) is -0.676. The Morgan fingerprint density at radius 2 is 1.17 bits per heavy atom. The maximum Gasteiger partial charge on any atom is 0.410 e. The molecule has 3 heterocycles. The number of carbonyl (C=O) groups is 1. The van der Waals surface area contributed by atoms with Crippen LogP contribution in [0.25, 0.3) is 21.5 Å². The molecular weight excluding hydrogens is 873 g/mol. The van der Waals surface area contributed by atoms with E-state index in [0.29, 0.717) is 65.1 Å². The van der Waals surface area contributed by atoms with Crippen molar-refractivity contribution in [2.24, 2.45) is 0 Å². The molecule has 0 spiro atoms.